The van der Waals surface area contributed by atoms with E-state index in [9.17, 15) is 13.2 Å². The molecule has 0 radical (unpaired) electrons. The molecule has 0 heterocycles. The van der Waals surface area contributed by atoms with Crippen molar-refractivity contribution in [1.82, 2.24) is 0 Å². The van der Waals surface area contributed by atoms with Gasteiger partial charge in [0.1, 0.15) is 0 Å². The van der Waals surface area contributed by atoms with Gasteiger partial charge in [-0.3, -0.25) is 0 Å². The average molecular weight is 144 g/mol. The molecule has 0 nitrogen and oxygen atoms in total. The fourth-order valence-electron chi connectivity index (χ4n) is 0.267. The third kappa shape index (κ3) is 6.22. The molecule has 0 amide bonds. The Morgan fingerprint density at radius 2 is 1.88 bits per heavy atom. The standard InChI is InChI=1S/C4H8F3P/c1-8-3-2-4(5,6)7/h8H,2-3H2,1H3. The zero-order valence-electron chi connectivity index (χ0n) is 4.55. The van der Waals surface area contributed by atoms with Gasteiger partial charge in [0, 0.05) is 6.42 Å². The summed E-state index contributed by atoms with van der Waals surface area (Å²) >= 11 is 0. The molecule has 50 valence electrons. The highest BCUT2D eigenvalue weighted by Gasteiger charge is 2.25. The van der Waals surface area contributed by atoms with Crippen molar-refractivity contribution in [2.75, 3.05) is 12.8 Å². The van der Waals surface area contributed by atoms with Crippen LogP contribution in [0.1, 0.15) is 6.42 Å². The van der Waals surface area contributed by atoms with E-state index in [-0.39, 0.29) is 6.16 Å². The molecule has 0 aliphatic heterocycles. The molecule has 1 atom stereocenters. The van der Waals surface area contributed by atoms with Crippen molar-refractivity contribution >= 4 is 8.58 Å². The minimum Gasteiger partial charge on any atom is -0.171 e. The van der Waals surface area contributed by atoms with Crippen LogP contribution in [0.15, 0.2) is 0 Å². The third-order valence-corrected chi connectivity index (χ3v) is 1.41. The molecule has 0 aromatic carbocycles. The van der Waals surface area contributed by atoms with Gasteiger partial charge in [0.15, 0.2) is 0 Å². The van der Waals surface area contributed by atoms with Crippen molar-refractivity contribution in [3.8, 4) is 0 Å². The molecule has 0 saturated carbocycles. The molecule has 0 rings (SSSR count). The zero-order valence-corrected chi connectivity index (χ0v) is 5.55. The Morgan fingerprint density at radius 1 is 1.38 bits per heavy atom. The van der Waals surface area contributed by atoms with E-state index in [1.54, 1.807) is 6.66 Å². The minimum atomic E-state index is -3.94. The summed E-state index contributed by atoms with van der Waals surface area (Å²) in [6.07, 6.45) is -4.28. The highest BCUT2D eigenvalue weighted by molar-refractivity contribution is 7.36. The van der Waals surface area contributed by atoms with E-state index in [0.717, 1.165) is 0 Å². The highest BCUT2D eigenvalue weighted by atomic mass is 31.1. The van der Waals surface area contributed by atoms with Crippen LogP contribution >= 0.6 is 8.58 Å². The molecule has 0 aliphatic carbocycles. The highest BCUT2D eigenvalue weighted by Crippen LogP contribution is 2.22. The fourth-order valence-corrected chi connectivity index (χ4v) is 0.800. The topological polar surface area (TPSA) is 0 Å². The summed E-state index contributed by atoms with van der Waals surface area (Å²) < 4.78 is 33.7. The first kappa shape index (κ1) is 8.22. The van der Waals surface area contributed by atoms with Crippen molar-refractivity contribution in [1.29, 1.82) is 0 Å². The van der Waals surface area contributed by atoms with Crippen LogP contribution < -0.4 is 0 Å². The van der Waals surface area contributed by atoms with Gasteiger partial charge in [0.05, 0.1) is 0 Å². The van der Waals surface area contributed by atoms with Gasteiger partial charge in [-0.05, 0) is 12.8 Å². The summed E-state index contributed by atoms with van der Waals surface area (Å²) in [5.41, 5.74) is 0. The molecule has 0 N–H and O–H groups in total. The Morgan fingerprint density at radius 3 is 2.00 bits per heavy atom. The van der Waals surface area contributed by atoms with E-state index in [1.807, 2.05) is 0 Å². The van der Waals surface area contributed by atoms with E-state index >= 15 is 0 Å². The van der Waals surface area contributed by atoms with Crippen molar-refractivity contribution in [2.24, 2.45) is 0 Å². The van der Waals surface area contributed by atoms with Crippen LogP contribution in [-0.4, -0.2) is 19.0 Å². The predicted molar refractivity (Wildman–Crippen MR) is 29.8 cm³/mol. The van der Waals surface area contributed by atoms with E-state index < -0.39 is 12.6 Å². The van der Waals surface area contributed by atoms with Gasteiger partial charge in [-0.2, -0.15) is 13.2 Å². The molecule has 0 aromatic rings. The van der Waals surface area contributed by atoms with Crippen LogP contribution in [0.5, 0.6) is 0 Å². The Bertz CT molecular complexity index is 58.8. The van der Waals surface area contributed by atoms with Crippen LogP contribution in [-0.2, 0) is 0 Å². The fraction of sp³-hybridized carbons (Fsp3) is 1.00. The molecular weight excluding hydrogens is 136 g/mol. The van der Waals surface area contributed by atoms with Gasteiger partial charge in [0.25, 0.3) is 0 Å². The number of alkyl halides is 3. The normalized spacial score (nSPS) is 13.5. The minimum absolute atomic E-state index is 0.281. The quantitative estimate of drug-likeness (QED) is 0.521. The molecule has 0 spiro atoms. The molecule has 8 heavy (non-hydrogen) atoms. The lowest BCUT2D eigenvalue weighted by molar-refractivity contribution is -0.129. The number of hydrogen-bond donors (Lipinski definition) is 0. The van der Waals surface area contributed by atoms with Crippen molar-refractivity contribution < 1.29 is 13.2 Å². The van der Waals surface area contributed by atoms with E-state index in [4.69, 9.17) is 0 Å². The molecule has 4 heteroatoms. The second kappa shape index (κ2) is 3.29. The van der Waals surface area contributed by atoms with Crippen LogP contribution in [0.4, 0.5) is 13.2 Å². The van der Waals surface area contributed by atoms with Crippen LogP contribution in [0, 0.1) is 0 Å². The first-order chi connectivity index (χ1) is 3.56. The number of halogens is 3. The molecule has 0 saturated heterocycles. The third-order valence-electron chi connectivity index (χ3n) is 0.658. The van der Waals surface area contributed by atoms with E-state index in [1.165, 1.54) is 0 Å². The Hall–Kier alpha value is 0.220. The van der Waals surface area contributed by atoms with Gasteiger partial charge in [-0.1, -0.05) is 0 Å². The second-order valence-electron chi connectivity index (χ2n) is 1.47. The second-order valence-corrected chi connectivity index (χ2v) is 2.68. The number of rotatable bonds is 2. The van der Waals surface area contributed by atoms with Crippen LogP contribution in [0.2, 0.25) is 0 Å². The molecular formula is C4H8F3P. The first-order valence-corrected chi connectivity index (χ1v) is 3.98. The average Bonchev–Trinajstić information content (AvgIpc) is 1.59. The lowest BCUT2D eigenvalue weighted by Gasteiger charge is -2.02. The summed E-state index contributed by atoms with van der Waals surface area (Å²) in [6.45, 7) is 1.77. The maximum atomic E-state index is 11.2. The predicted octanol–water partition coefficient (Wildman–Crippen LogP) is 2.25. The van der Waals surface area contributed by atoms with Gasteiger partial charge in [-0.25, -0.2) is 0 Å². The lowest BCUT2D eigenvalue weighted by Crippen LogP contribution is -2.07. The summed E-state index contributed by atoms with van der Waals surface area (Å²) in [5.74, 6) is 0. The van der Waals surface area contributed by atoms with Gasteiger partial charge in [-0.15, -0.1) is 8.58 Å². The maximum absolute atomic E-state index is 11.2. The molecule has 0 aliphatic rings. The number of hydrogen-bond acceptors (Lipinski definition) is 0. The van der Waals surface area contributed by atoms with Gasteiger partial charge >= 0.3 is 6.18 Å². The van der Waals surface area contributed by atoms with E-state index in [2.05, 4.69) is 0 Å². The summed E-state index contributed by atoms with van der Waals surface area (Å²) in [7, 11) is 0.411. The SMILES string of the molecule is CPCCC(F)(F)F. The summed E-state index contributed by atoms with van der Waals surface area (Å²) in [5, 5.41) is 0. The Labute approximate surface area is 48.2 Å². The lowest BCUT2D eigenvalue weighted by atomic mass is 10.5. The van der Waals surface area contributed by atoms with Crippen molar-refractivity contribution in [2.45, 2.75) is 12.6 Å². The first-order valence-electron chi connectivity index (χ1n) is 2.27. The molecule has 0 aromatic heterocycles. The van der Waals surface area contributed by atoms with Crippen molar-refractivity contribution in [3.63, 3.8) is 0 Å². The van der Waals surface area contributed by atoms with Gasteiger partial charge in [0.2, 0.25) is 0 Å². The molecule has 1 unspecified atom stereocenters. The Balaban J connectivity index is 3.11. The molecule has 0 bridgehead atoms. The van der Waals surface area contributed by atoms with Gasteiger partial charge < -0.3 is 0 Å². The van der Waals surface area contributed by atoms with Crippen LogP contribution in [0.25, 0.3) is 0 Å². The Kier molecular flexibility index (Phi) is 3.38. The summed E-state index contributed by atoms with van der Waals surface area (Å²) in [4.78, 5) is 0. The largest absolute Gasteiger partial charge is 0.389 e. The monoisotopic (exact) mass is 144 g/mol. The zero-order chi connectivity index (χ0) is 6.62. The van der Waals surface area contributed by atoms with Crippen molar-refractivity contribution in [3.05, 3.63) is 0 Å². The smallest absolute Gasteiger partial charge is 0.171 e. The summed E-state index contributed by atoms with van der Waals surface area (Å²) in [6, 6.07) is 0. The maximum Gasteiger partial charge on any atom is 0.389 e. The van der Waals surface area contributed by atoms with Crippen LogP contribution in [0.3, 0.4) is 0 Å². The molecule has 0 fully saturated rings. The van der Waals surface area contributed by atoms with E-state index in [0.29, 0.717) is 8.58 Å².